The largest absolute Gasteiger partial charge is 0.467 e. The predicted molar refractivity (Wildman–Crippen MR) is 123 cm³/mol. The Hall–Kier alpha value is -3.80. The van der Waals surface area contributed by atoms with Crippen LogP contribution in [0.25, 0.3) is 0 Å². The van der Waals surface area contributed by atoms with E-state index in [4.69, 9.17) is 4.42 Å². The highest BCUT2D eigenvalue weighted by molar-refractivity contribution is 5.95. The summed E-state index contributed by atoms with van der Waals surface area (Å²) in [4.78, 5) is 15.2. The molecule has 0 bridgehead atoms. The summed E-state index contributed by atoms with van der Waals surface area (Å²) in [6, 6.07) is 20.7. The van der Waals surface area contributed by atoms with Crippen LogP contribution in [-0.2, 0) is 26.1 Å². The van der Waals surface area contributed by atoms with Gasteiger partial charge in [0.2, 0.25) is 0 Å². The van der Waals surface area contributed by atoms with Gasteiger partial charge in [-0.2, -0.15) is 5.10 Å². The molecule has 0 fully saturated rings. The average Bonchev–Trinajstić information content (AvgIpc) is 3.54. The van der Waals surface area contributed by atoms with Gasteiger partial charge in [0, 0.05) is 30.7 Å². The molecule has 0 radical (unpaired) electrons. The van der Waals surface area contributed by atoms with Gasteiger partial charge >= 0.3 is 0 Å². The molecule has 2 aromatic carbocycles. The van der Waals surface area contributed by atoms with E-state index in [0.29, 0.717) is 37.0 Å². The van der Waals surface area contributed by atoms with Crippen molar-refractivity contribution in [2.45, 2.75) is 39.0 Å². The summed E-state index contributed by atoms with van der Waals surface area (Å²) in [5.74, 6) is 0.574. The maximum Gasteiger partial charge on any atom is 0.255 e. The molecule has 1 unspecified atom stereocenters. The number of nitrogens with zero attached hydrogens (tertiary/aromatic N) is 3. The number of amides is 1. The van der Waals surface area contributed by atoms with Crippen molar-refractivity contribution in [3.8, 4) is 0 Å². The van der Waals surface area contributed by atoms with Crippen LogP contribution < -0.4 is 10.2 Å². The lowest BCUT2D eigenvalue weighted by molar-refractivity contribution is 0.0949. The highest BCUT2D eigenvalue weighted by Crippen LogP contribution is 2.33. The van der Waals surface area contributed by atoms with Crippen LogP contribution in [0.1, 0.15) is 39.7 Å². The van der Waals surface area contributed by atoms with Crippen molar-refractivity contribution in [2.75, 3.05) is 4.90 Å². The molecule has 2 aromatic heterocycles. The van der Waals surface area contributed by atoms with Crippen LogP contribution in [0.3, 0.4) is 0 Å². The van der Waals surface area contributed by atoms with Gasteiger partial charge in [0.05, 0.1) is 24.9 Å². The number of para-hydroxylation sites is 1. The summed E-state index contributed by atoms with van der Waals surface area (Å²) >= 11 is 0. The van der Waals surface area contributed by atoms with E-state index in [1.54, 1.807) is 18.5 Å². The van der Waals surface area contributed by atoms with Crippen molar-refractivity contribution in [1.82, 2.24) is 15.1 Å². The first kappa shape index (κ1) is 20.1. The minimum absolute atomic E-state index is 0.119. The standard InChI is InChI=1S/C26H26N4O2/c1-19-14-22-8-2-3-9-24(22)30(19)18-25-23(10-13-32-25)26(31)27-16-20-6-4-7-21(15-20)17-29-12-5-11-28-29/h2-13,15,19H,14,16-18H2,1H3,(H,27,31). The zero-order chi connectivity index (χ0) is 21.9. The fourth-order valence-corrected chi connectivity index (χ4v) is 4.39. The molecule has 0 aliphatic carbocycles. The fourth-order valence-electron chi connectivity index (χ4n) is 4.39. The molecule has 1 aliphatic rings. The molecule has 1 atom stereocenters. The predicted octanol–water partition coefficient (Wildman–Crippen LogP) is 4.41. The Labute approximate surface area is 187 Å². The third-order valence-corrected chi connectivity index (χ3v) is 6.00. The smallest absolute Gasteiger partial charge is 0.255 e. The van der Waals surface area contributed by atoms with E-state index < -0.39 is 0 Å². The molecule has 1 aliphatic heterocycles. The van der Waals surface area contributed by atoms with Gasteiger partial charge in [-0.05, 0) is 48.2 Å². The first-order chi connectivity index (χ1) is 15.7. The van der Waals surface area contributed by atoms with E-state index in [-0.39, 0.29) is 5.91 Å². The highest BCUT2D eigenvalue weighted by atomic mass is 16.3. The van der Waals surface area contributed by atoms with Gasteiger partial charge in [-0.25, -0.2) is 0 Å². The molecular weight excluding hydrogens is 400 g/mol. The number of hydrogen-bond donors (Lipinski definition) is 1. The number of furan rings is 1. The lowest BCUT2D eigenvalue weighted by atomic mass is 10.1. The van der Waals surface area contributed by atoms with Gasteiger partial charge in [-0.1, -0.05) is 42.5 Å². The van der Waals surface area contributed by atoms with Crippen molar-refractivity contribution < 1.29 is 9.21 Å². The van der Waals surface area contributed by atoms with Crippen LogP contribution in [0, 0.1) is 0 Å². The summed E-state index contributed by atoms with van der Waals surface area (Å²) < 4.78 is 7.61. The van der Waals surface area contributed by atoms with Crippen molar-refractivity contribution in [1.29, 1.82) is 0 Å². The molecule has 6 heteroatoms. The minimum Gasteiger partial charge on any atom is -0.467 e. The molecule has 5 rings (SSSR count). The van der Waals surface area contributed by atoms with Crippen LogP contribution in [-0.4, -0.2) is 21.7 Å². The lowest BCUT2D eigenvalue weighted by Gasteiger charge is -2.24. The average molecular weight is 427 g/mol. The molecule has 0 spiro atoms. The maximum atomic E-state index is 12.9. The van der Waals surface area contributed by atoms with E-state index in [1.165, 1.54) is 11.3 Å². The first-order valence-electron chi connectivity index (χ1n) is 10.9. The zero-order valence-electron chi connectivity index (χ0n) is 18.1. The summed E-state index contributed by atoms with van der Waals surface area (Å²) in [6.07, 6.45) is 6.32. The molecule has 1 N–H and O–H groups in total. The third kappa shape index (κ3) is 4.17. The second-order valence-electron chi connectivity index (χ2n) is 8.27. The molecule has 32 heavy (non-hydrogen) atoms. The number of rotatable bonds is 7. The molecule has 0 saturated heterocycles. The number of nitrogens with one attached hydrogen (secondary N) is 1. The van der Waals surface area contributed by atoms with E-state index in [2.05, 4.69) is 58.6 Å². The van der Waals surface area contributed by atoms with Crippen LogP contribution in [0.4, 0.5) is 5.69 Å². The van der Waals surface area contributed by atoms with E-state index in [9.17, 15) is 4.79 Å². The summed E-state index contributed by atoms with van der Waals surface area (Å²) in [7, 11) is 0. The van der Waals surface area contributed by atoms with Crippen molar-refractivity contribution in [3.05, 3.63) is 107 Å². The van der Waals surface area contributed by atoms with Gasteiger partial charge in [0.1, 0.15) is 5.76 Å². The Morgan fingerprint density at radius 2 is 1.97 bits per heavy atom. The lowest BCUT2D eigenvalue weighted by Crippen LogP contribution is -2.30. The van der Waals surface area contributed by atoms with Crippen LogP contribution in [0.5, 0.6) is 0 Å². The normalized spacial score (nSPS) is 15.0. The van der Waals surface area contributed by atoms with Gasteiger partial charge in [-0.15, -0.1) is 0 Å². The van der Waals surface area contributed by atoms with Gasteiger partial charge in [0.25, 0.3) is 5.91 Å². The second kappa shape index (κ2) is 8.75. The maximum absolute atomic E-state index is 12.9. The third-order valence-electron chi connectivity index (χ3n) is 6.00. The van der Waals surface area contributed by atoms with E-state index >= 15 is 0 Å². The molecule has 3 heterocycles. The van der Waals surface area contributed by atoms with Gasteiger partial charge in [-0.3, -0.25) is 9.48 Å². The van der Waals surface area contributed by atoms with Crippen molar-refractivity contribution >= 4 is 11.6 Å². The number of carbonyl (C=O) groups excluding carboxylic acids is 1. The number of carbonyl (C=O) groups is 1. The Morgan fingerprint density at radius 3 is 2.84 bits per heavy atom. The summed E-state index contributed by atoms with van der Waals surface area (Å²) in [5, 5.41) is 7.30. The van der Waals surface area contributed by atoms with Crippen molar-refractivity contribution in [2.24, 2.45) is 0 Å². The topological polar surface area (TPSA) is 63.3 Å². The van der Waals surface area contributed by atoms with Gasteiger partial charge < -0.3 is 14.6 Å². The number of benzene rings is 2. The second-order valence-corrected chi connectivity index (χ2v) is 8.27. The highest BCUT2D eigenvalue weighted by Gasteiger charge is 2.27. The Kier molecular flexibility index (Phi) is 5.50. The fraction of sp³-hybridized carbons (Fsp3) is 0.231. The Morgan fingerprint density at radius 1 is 1.09 bits per heavy atom. The van der Waals surface area contributed by atoms with E-state index in [1.807, 2.05) is 29.1 Å². The summed E-state index contributed by atoms with van der Waals surface area (Å²) in [6.45, 7) is 3.95. The molecule has 1 amide bonds. The molecule has 0 saturated carbocycles. The Bertz CT molecular complexity index is 1210. The van der Waals surface area contributed by atoms with Crippen LogP contribution in [0.2, 0.25) is 0 Å². The van der Waals surface area contributed by atoms with Crippen LogP contribution in [0.15, 0.2) is 83.7 Å². The molecule has 6 nitrogen and oxygen atoms in total. The molecule has 162 valence electrons. The zero-order valence-corrected chi connectivity index (χ0v) is 18.1. The van der Waals surface area contributed by atoms with Gasteiger partial charge in [0.15, 0.2) is 0 Å². The van der Waals surface area contributed by atoms with E-state index in [0.717, 1.165) is 17.5 Å². The SMILES string of the molecule is CC1Cc2ccccc2N1Cc1occc1C(=O)NCc1cccc(Cn2cccn2)c1. The monoisotopic (exact) mass is 426 g/mol. The minimum atomic E-state index is -0.119. The number of anilines is 1. The molecular formula is C26H26N4O2. The quantitative estimate of drug-likeness (QED) is 0.476. The Balaban J connectivity index is 1.25. The first-order valence-corrected chi connectivity index (χ1v) is 10.9. The molecule has 4 aromatic rings. The summed E-state index contributed by atoms with van der Waals surface area (Å²) in [5.41, 5.74) is 5.35. The number of hydrogen-bond acceptors (Lipinski definition) is 4. The number of aromatic nitrogens is 2. The number of fused-ring (bicyclic) bond motifs is 1. The van der Waals surface area contributed by atoms with Crippen LogP contribution >= 0.6 is 0 Å². The van der Waals surface area contributed by atoms with Crippen molar-refractivity contribution in [3.63, 3.8) is 0 Å².